The fourth-order valence-corrected chi connectivity index (χ4v) is 6.17. The van der Waals surface area contributed by atoms with Crippen molar-refractivity contribution in [3.63, 3.8) is 0 Å². The third-order valence-electron chi connectivity index (χ3n) is 5.11. The number of nitrogens with one attached hydrogen (secondary N) is 1. The van der Waals surface area contributed by atoms with E-state index in [-0.39, 0.29) is 18.5 Å². The molecule has 0 radical (unpaired) electrons. The Bertz CT molecular complexity index is 944. The van der Waals surface area contributed by atoms with Gasteiger partial charge in [-0.3, -0.25) is 4.79 Å². The SMILES string of the molecule is COc1ccc(OC)c(C(C)NC(=O)C2CCCN(S(=O)(=O)c3cccs3)C2)c1. The molecule has 0 aliphatic carbocycles. The molecule has 2 atom stereocenters. The molecule has 0 bridgehead atoms. The van der Waals surface area contributed by atoms with Gasteiger partial charge in [-0.1, -0.05) is 6.07 Å². The minimum Gasteiger partial charge on any atom is -0.497 e. The number of amides is 1. The average molecular weight is 439 g/mol. The first-order valence-corrected chi connectivity index (χ1v) is 11.7. The molecular formula is C20H26N2O5S2. The molecule has 7 nitrogen and oxygen atoms in total. The molecule has 1 aromatic carbocycles. The molecule has 1 aliphatic heterocycles. The van der Waals surface area contributed by atoms with Gasteiger partial charge in [0, 0.05) is 18.7 Å². The highest BCUT2D eigenvalue weighted by atomic mass is 32.2. The first-order chi connectivity index (χ1) is 13.9. The van der Waals surface area contributed by atoms with Crippen molar-refractivity contribution in [2.24, 2.45) is 5.92 Å². The number of rotatable bonds is 7. The van der Waals surface area contributed by atoms with E-state index in [1.165, 1.54) is 15.6 Å². The topological polar surface area (TPSA) is 84.9 Å². The molecule has 2 heterocycles. The smallest absolute Gasteiger partial charge is 0.252 e. The number of piperidine rings is 1. The lowest BCUT2D eigenvalue weighted by atomic mass is 9.97. The highest BCUT2D eigenvalue weighted by Gasteiger charge is 2.34. The molecule has 1 aromatic heterocycles. The van der Waals surface area contributed by atoms with E-state index in [0.717, 1.165) is 5.56 Å². The molecule has 1 N–H and O–H groups in total. The van der Waals surface area contributed by atoms with E-state index in [1.807, 2.05) is 13.0 Å². The van der Waals surface area contributed by atoms with Gasteiger partial charge in [0.1, 0.15) is 15.7 Å². The van der Waals surface area contributed by atoms with Gasteiger partial charge in [0.05, 0.1) is 26.2 Å². The van der Waals surface area contributed by atoms with E-state index in [4.69, 9.17) is 9.47 Å². The number of carbonyl (C=O) groups excluding carboxylic acids is 1. The van der Waals surface area contributed by atoms with Crippen LogP contribution in [0.3, 0.4) is 0 Å². The summed E-state index contributed by atoms with van der Waals surface area (Å²) in [7, 11) is -0.390. The quantitative estimate of drug-likeness (QED) is 0.718. The van der Waals surface area contributed by atoms with Crippen LogP contribution in [0.15, 0.2) is 39.9 Å². The summed E-state index contributed by atoms with van der Waals surface area (Å²) >= 11 is 1.19. The molecule has 158 valence electrons. The Morgan fingerprint density at radius 2 is 2.07 bits per heavy atom. The lowest BCUT2D eigenvalue weighted by Gasteiger charge is -2.31. The van der Waals surface area contributed by atoms with Crippen molar-refractivity contribution >= 4 is 27.3 Å². The Hall–Kier alpha value is -2.10. The van der Waals surface area contributed by atoms with Crippen molar-refractivity contribution in [3.8, 4) is 11.5 Å². The average Bonchev–Trinajstić information content (AvgIpc) is 3.29. The van der Waals surface area contributed by atoms with Crippen molar-refractivity contribution in [3.05, 3.63) is 41.3 Å². The zero-order chi connectivity index (χ0) is 21.0. The van der Waals surface area contributed by atoms with Crippen molar-refractivity contribution in [1.82, 2.24) is 9.62 Å². The Morgan fingerprint density at radius 3 is 2.72 bits per heavy atom. The van der Waals surface area contributed by atoms with E-state index < -0.39 is 15.9 Å². The number of hydrogen-bond acceptors (Lipinski definition) is 6. The second kappa shape index (κ2) is 9.15. The van der Waals surface area contributed by atoms with Gasteiger partial charge in [0.15, 0.2) is 0 Å². The minimum atomic E-state index is -3.55. The molecular weight excluding hydrogens is 412 g/mol. The van der Waals surface area contributed by atoms with Gasteiger partial charge in [0.25, 0.3) is 10.0 Å². The van der Waals surface area contributed by atoms with Gasteiger partial charge in [-0.15, -0.1) is 11.3 Å². The van der Waals surface area contributed by atoms with Gasteiger partial charge in [0.2, 0.25) is 5.91 Å². The Balaban J connectivity index is 1.71. The normalized spacial score (nSPS) is 18.8. The van der Waals surface area contributed by atoms with Crippen LogP contribution in [0.2, 0.25) is 0 Å². The minimum absolute atomic E-state index is 0.159. The summed E-state index contributed by atoms with van der Waals surface area (Å²) in [6.07, 6.45) is 1.31. The molecule has 1 fully saturated rings. The molecule has 2 aromatic rings. The van der Waals surface area contributed by atoms with E-state index in [0.29, 0.717) is 35.1 Å². The number of thiophene rings is 1. The van der Waals surface area contributed by atoms with Gasteiger partial charge in [-0.25, -0.2) is 8.42 Å². The summed E-state index contributed by atoms with van der Waals surface area (Å²) in [4.78, 5) is 12.9. The first-order valence-electron chi connectivity index (χ1n) is 9.42. The maximum atomic E-state index is 12.9. The Morgan fingerprint density at radius 1 is 1.28 bits per heavy atom. The van der Waals surface area contributed by atoms with Crippen LogP contribution in [-0.2, 0) is 14.8 Å². The summed E-state index contributed by atoms with van der Waals surface area (Å²) in [5.41, 5.74) is 0.805. The largest absolute Gasteiger partial charge is 0.497 e. The van der Waals surface area contributed by atoms with Crippen LogP contribution >= 0.6 is 11.3 Å². The predicted octanol–water partition coefficient (Wildman–Crippen LogP) is 3.04. The third-order valence-corrected chi connectivity index (χ3v) is 8.34. The molecule has 1 aliphatic rings. The molecule has 0 saturated carbocycles. The number of methoxy groups -OCH3 is 2. The zero-order valence-electron chi connectivity index (χ0n) is 16.8. The summed E-state index contributed by atoms with van der Waals surface area (Å²) in [6, 6.07) is 8.43. The molecule has 1 saturated heterocycles. The van der Waals surface area contributed by atoms with Crippen LogP contribution in [0.1, 0.15) is 31.4 Å². The number of hydrogen-bond donors (Lipinski definition) is 1. The number of nitrogens with zero attached hydrogens (tertiary/aromatic N) is 1. The molecule has 1 amide bonds. The standard InChI is InChI=1S/C20H26N2O5S2/c1-14(17-12-16(26-2)8-9-18(17)27-3)21-20(23)15-6-4-10-22(13-15)29(24,25)19-7-5-11-28-19/h5,7-9,11-12,14-15H,4,6,10,13H2,1-3H3,(H,21,23). The zero-order valence-corrected chi connectivity index (χ0v) is 18.4. The molecule has 2 unspecified atom stereocenters. The summed E-state index contributed by atoms with van der Waals surface area (Å²) in [5.74, 6) is 0.780. The summed E-state index contributed by atoms with van der Waals surface area (Å²) in [5, 5.41) is 4.75. The fourth-order valence-electron chi connectivity index (χ4n) is 3.50. The van der Waals surface area contributed by atoms with E-state index in [9.17, 15) is 13.2 Å². The Labute approximate surface area is 175 Å². The van der Waals surface area contributed by atoms with Crippen molar-refractivity contribution in [2.45, 2.75) is 30.0 Å². The summed E-state index contributed by atoms with van der Waals surface area (Å²) in [6.45, 7) is 2.50. The number of benzene rings is 1. The number of carbonyl (C=O) groups is 1. The van der Waals surface area contributed by atoms with Crippen molar-refractivity contribution in [2.75, 3.05) is 27.3 Å². The second-order valence-electron chi connectivity index (χ2n) is 6.97. The van der Waals surface area contributed by atoms with Crippen LogP contribution in [-0.4, -0.2) is 45.9 Å². The van der Waals surface area contributed by atoms with Crippen LogP contribution in [0.25, 0.3) is 0 Å². The van der Waals surface area contributed by atoms with E-state index >= 15 is 0 Å². The fraction of sp³-hybridized carbons (Fsp3) is 0.450. The molecule has 9 heteroatoms. The monoisotopic (exact) mass is 438 g/mol. The second-order valence-corrected chi connectivity index (χ2v) is 10.1. The highest BCUT2D eigenvalue weighted by molar-refractivity contribution is 7.91. The van der Waals surface area contributed by atoms with Crippen LogP contribution < -0.4 is 14.8 Å². The summed E-state index contributed by atoms with van der Waals surface area (Å²) < 4.78 is 38.0. The van der Waals surface area contributed by atoms with Gasteiger partial charge in [-0.2, -0.15) is 4.31 Å². The maximum absolute atomic E-state index is 12.9. The van der Waals surface area contributed by atoms with Gasteiger partial charge in [-0.05, 0) is 49.4 Å². The van der Waals surface area contributed by atoms with Gasteiger partial charge >= 0.3 is 0 Å². The van der Waals surface area contributed by atoms with E-state index in [2.05, 4.69) is 5.32 Å². The first kappa shape index (κ1) is 21.6. The van der Waals surface area contributed by atoms with Gasteiger partial charge < -0.3 is 14.8 Å². The van der Waals surface area contributed by atoms with Crippen LogP contribution in [0.4, 0.5) is 0 Å². The molecule has 29 heavy (non-hydrogen) atoms. The van der Waals surface area contributed by atoms with Crippen LogP contribution in [0, 0.1) is 5.92 Å². The van der Waals surface area contributed by atoms with E-state index in [1.54, 1.807) is 43.9 Å². The molecule has 3 rings (SSSR count). The lowest BCUT2D eigenvalue weighted by Crippen LogP contribution is -2.45. The number of sulfonamides is 1. The van der Waals surface area contributed by atoms with Crippen LogP contribution in [0.5, 0.6) is 11.5 Å². The molecule has 0 spiro atoms. The maximum Gasteiger partial charge on any atom is 0.252 e. The third kappa shape index (κ3) is 4.73. The van der Waals surface area contributed by atoms with Crippen molar-refractivity contribution in [1.29, 1.82) is 0 Å². The van der Waals surface area contributed by atoms with Crippen molar-refractivity contribution < 1.29 is 22.7 Å². The number of ether oxygens (including phenoxy) is 2. The Kier molecular flexibility index (Phi) is 6.81. The lowest BCUT2D eigenvalue weighted by molar-refractivity contribution is -0.126. The predicted molar refractivity (Wildman–Crippen MR) is 112 cm³/mol. The highest BCUT2D eigenvalue weighted by Crippen LogP contribution is 2.30.